The lowest BCUT2D eigenvalue weighted by Gasteiger charge is -1.96. The fourth-order valence-corrected chi connectivity index (χ4v) is 1.25. The number of benzene rings is 1. The van der Waals surface area contributed by atoms with E-state index >= 15 is 0 Å². The van der Waals surface area contributed by atoms with Gasteiger partial charge in [-0.25, -0.2) is 0 Å². The van der Waals surface area contributed by atoms with Crippen LogP contribution in [0.25, 0.3) is 6.08 Å². The molecule has 0 spiro atoms. The van der Waals surface area contributed by atoms with Crippen molar-refractivity contribution >= 4 is 11.8 Å². The van der Waals surface area contributed by atoms with Gasteiger partial charge in [0.15, 0.2) is 6.54 Å². The van der Waals surface area contributed by atoms with Gasteiger partial charge in [-0.1, -0.05) is 18.2 Å². The molecular formula is C12H15N3O3. The Morgan fingerprint density at radius 3 is 2.50 bits per heavy atom. The second-order valence-electron chi connectivity index (χ2n) is 3.71. The second kappa shape index (κ2) is 7.16. The van der Waals surface area contributed by atoms with E-state index in [-0.39, 0.29) is 5.69 Å². The van der Waals surface area contributed by atoms with E-state index in [9.17, 15) is 15.3 Å². The van der Waals surface area contributed by atoms with E-state index in [4.69, 9.17) is 0 Å². The van der Waals surface area contributed by atoms with Gasteiger partial charge in [-0.05, 0) is 28.9 Å². The van der Waals surface area contributed by atoms with Gasteiger partial charge < -0.3 is 5.21 Å². The minimum absolute atomic E-state index is 0.0393. The number of hydroxylamine groups is 1. The van der Waals surface area contributed by atoms with Crippen molar-refractivity contribution in [3.8, 4) is 0 Å². The summed E-state index contributed by atoms with van der Waals surface area (Å²) >= 11 is 0. The quantitative estimate of drug-likeness (QED) is 0.335. The van der Waals surface area contributed by atoms with E-state index in [1.165, 1.54) is 18.3 Å². The lowest BCUT2D eigenvalue weighted by molar-refractivity contribution is -0.526. The van der Waals surface area contributed by atoms with Crippen molar-refractivity contribution in [2.45, 2.75) is 19.8 Å². The molecule has 1 aromatic carbocycles. The lowest BCUT2D eigenvalue weighted by Crippen LogP contribution is -2.00. The van der Waals surface area contributed by atoms with E-state index in [1.807, 2.05) is 6.92 Å². The van der Waals surface area contributed by atoms with E-state index in [1.54, 1.807) is 18.2 Å². The highest BCUT2D eigenvalue weighted by molar-refractivity contribution is 5.51. The molecule has 0 amide bonds. The van der Waals surface area contributed by atoms with Gasteiger partial charge in [-0.15, -0.1) is 0 Å². The van der Waals surface area contributed by atoms with Crippen LogP contribution >= 0.6 is 0 Å². The molecule has 0 saturated heterocycles. The summed E-state index contributed by atoms with van der Waals surface area (Å²) < 4.78 is 0. The maximum absolute atomic E-state index is 11.1. The molecule has 0 bridgehead atoms. The molecule has 0 aromatic heterocycles. The molecule has 0 aliphatic carbocycles. The van der Waals surface area contributed by atoms with Gasteiger partial charge >= 0.3 is 0 Å². The summed E-state index contributed by atoms with van der Waals surface area (Å²) in [5, 5.41) is 25.3. The van der Waals surface area contributed by atoms with Crippen molar-refractivity contribution in [1.29, 1.82) is 0 Å². The summed E-state index contributed by atoms with van der Waals surface area (Å²) in [5.74, 6) is 0. The largest absolute Gasteiger partial charge is 0.600 e. The highest BCUT2D eigenvalue weighted by atomic mass is 16.6. The maximum atomic E-state index is 11.1. The van der Waals surface area contributed by atoms with Crippen LogP contribution in [0, 0.1) is 15.3 Å². The molecule has 0 radical (unpaired) electrons. The first-order valence-electron chi connectivity index (χ1n) is 5.70. The van der Waals surface area contributed by atoms with E-state index in [2.05, 4.69) is 5.11 Å². The number of nitro groups is 1. The van der Waals surface area contributed by atoms with Gasteiger partial charge in [0, 0.05) is 18.6 Å². The Morgan fingerprint density at radius 2 is 1.94 bits per heavy atom. The SMILES string of the molecule is CCCC[N+]([O-])=N/C=C/c1ccc([N+](=O)[O-])cc1. The summed E-state index contributed by atoms with van der Waals surface area (Å²) in [7, 11) is 0. The molecule has 0 aliphatic heterocycles. The number of rotatable bonds is 6. The van der Waals surface area contributed by atoms with Crippen LogP contribution in [0.5, 0.6) is 0 Å². The summed E-state index contributed by atoms with van der Waals surface area (Å²) in [6.45, 7) is 2.38. The molecule has 0 heterocycles. The zero-order valence-corrected chi connectivity index (χ0v) is 10.2. The van der Waals surface area contributed by atoms with Gasteiger partial charge in [0.25, 0.3) is 5.69 Å². The van der Waals surface area contributed by atoms with Gasteiger partial charge in [0.05, 0.1) is 11.1 Å². The number of hydrogen-bond acceptors (Lipinski definition) is 4. The van der Waals surface area contributed by atoms with Crippen molar-refractivity contribution in [1.82, 2.24) is 0 Å². The predicted molar refractivity (Wildman–Crippen MR) is 68.0 cm³/mol. The summed E-state index contributed by atoms with van der Waals surface area (Å²) in [5.41, 5.74) is 0.797. The van der Waals surface area contributed by atoms with Crippen LogP contribution in [0.4, 0.5) is 5.69 Å². The highest BCUT2D eigenvalue weighted by Gasteiger charge is 2.02. The maximum Gasteiger partial charge on any atom is 0.269 e. The molecule has 1 rings (SSSR count). The molecule has 0 N–H and O–H groups in total. The Bertz CT molecular complexity index is 452. The molecule has 0 atom stereocenters. The van der Waals surface area contributed by atoms with Gasteiger partial charge in [-0.3, -0.25) is 10.1 Å². The summed E-state index contributed by atoms with van der Waals surface area (Å²) in [6, 6.07) is 6.02. The van der Waals surface area contributed by atoms with Crippen molar-refractivity contribution in [3.63, 3.8) is 0 Å². The molecule has 0 unspecified atom stereocenters. The standard InChI is InChI=1S/C12H15N3O3/c1-2-3-10-14(16)13-9-8-11-4-6-12(7-5-11)15(17)18/h4-9H,2-3,10H2,1H3/b9-8+,14-13?. The fraction of sp³-hybridized carbons (Fsp3) is 0.333. The van der Waals surface area contributed by atoms with Crippen LogP contribution in [0.15, 0.2) is 35.6 Å². The molecule has 18 heavy (non-hydrogen) atoms. The van der Waals surface area contributed by atoms with E-state index in [0.29, 0.717) is 11.4 Å². The number of unbranched alkanes of at least 4 members (excludes halogenated alkanes) is 1. The van der Waals surface area contributed by atoms with Crippen molar-refractivity contribution in [2.24, 2.45) is 5.11 Å². The van der Waals surface area contributed by atoms with Gasteiger partial charge in [0.2, 0.25) is 0 Å². The predicted octanol–water partition coefficient (Wildman–Crippen LogP) is 3.33. The van der Waals surface area contributed by atoms with Crippen LogP contribution in [-0.2, 0) is 0 Å². The molecular weight excluding hydrogens is 234 g/mol. The molecule has 0 saturated carbocycles. The minimum Gasteiger partial charge on any atom is -0.600 e. The topological polar surface area (TPSA) is 81.6 Å². The first-order chi connectivity index (χ1) is 8.63. The smallest absolute Gasteiger partial charge is 0.269 e. The molecule has 0 fully saturated rings. The van der Waals surface area contributed by atoms with Crippen molar-refractivity contribution in [3.05, 3.63) is 51.4 Å². The average Bonchev–Trinajstić information content (AvgIpc) is 2.37. The lowest BCUT2D eigenvalue weighted by atomic mass is 10.2. The Balaban J connectivity index is 2.59. The second-order valence-corrected chi connectivity index (χ2v) is 3.71. The van der Waals surface area contributed by atoms with Gasteiger partial charge in [0.1, 0.15) is 0 Å². The number of hydrogen-bond donors (Lipinski definition) is 0. The summed E-state index contributed by atoms with van der Waals surface area (Å²) in [4.78, 5) is 10.6. The number of nitrogens with zero attached hydrogens (tertiary/aromatic N) is 3. The Hall–Kier alpha value is -2.24. The van der Waals surface area contributed by atoms with Crippen LogP contribution in [0.2, 0.25) is 0 Å². The van der Waals surface area contributed by atoms with E-state index in [0.717, 1.165) is 18.4 Å². The summed E-state index contributed by atoms with van der Waals surface area (Å²) in [6.07, 6.45) is 4.77. The zero-order valence-electron chi connectivity index (χ0n) is 10.2. The molecule has 0 aliphatic rings. The Morgan fingerprint density at radius 1 is 1.28 bits per heavy atom. The van der Waals surface area contributed by atoms with Crippen molar-refractivity contribution < 1.29 is 9.78 Å². The third kappa shape index (κ3) is 4.73. The highest BCUT2D eigenvalue weighted by Crippen LogP contribution is 2.12. The van der Waals surface area contributed by atoms with Crippen LogP contribution in [0.3, 0.4) is 0 Å². The molecule has 6 nitrogen and oxygen atoms in total. The van der Waals surface area contributed by atoms with Crippen molar-refractivity contribution in [2.75, 3.05) is 6.54 Å². The first-order valence-corrected chi connectivity index (χ1v) is 5.70. The number of nitro benzene ring substituents is 1. The Labute approximate surface area is 105 Å². The van der Waals surface area contributed by atoms with Crippen LogP contribution < -0.4 is 0 Å². The normalized spacial score (nSPS) is 11.9. The van der Waals surface area contributed by atoms with Crippen LogP contribution in [-0.4, -0.2) is 16.3 Å². The minimum atomic E-state index is -0.456. The molecule has 1 aromatic rings. The monoisotopic (exact) mass is 249 g/mol. The van der Waals surface area contributed by atoms with Gasteiger partial charge in [-0.2, -0.15) is 0 Å². The number of azo groups is 1. The third-order valence-electron chi connectivity index (χ3n) is 2.27. The molecule has 96 valence electrons. The Kier molecular flexibility index (Phi) is 5.50. The third-order valence-corrected chi connectivity index (χ3v) is 2.27. The molecule has 6 heteroatoms. The van der Waals surface area contributed by atoms with E-state index < -0.39 is 4.92 Å². The number of non-ortho nitro benzene ring substituents is 1. The first kappa shape index (κ1) is 13.8. The van der Waals surface area contributed by atoms with Crippen LogP contribution in [0.1, 0.15) is 25.3 Å². The fourth-order valence-electron chi connectivity index (χ4n) is 1.25. The average molecular weight is 249 g/mol. The zero-order chi connectivity index (χ0) is 13.4.